The van der Waals surface area contributed by atoms with Gasteiger partial charge in [0.2, 0.25) is 5.95 Å². The Balaban J connectivity index is 1.81. The van der Waals surface area contributed by atoms with Crippen molar-refractivity contribution in [3.05, 3.63) is 65.9 Å². The van der Waals surface area contributed by atoms with Crippen LogP contribution in [0.25, 0.3) is 0 Å². The maximum absolute atomic E-state index is 11.5. The molecule has 0 atom stereocenters. The summed E-state index contributed by atoms with van der Waals surface area (Å²) in [5, 5.41) is 14.4. The zero-order valence-electron chi connectivity index (χ0n) is 15.0. The maximum Gasteiger partial charge on any atom is 0.249 e. The van der Waals surface area contributed by atoms with E-state index >= 15 is 0 Å². The van der Waals surface area contributed by atoms with Gasteiger partial charge in [0, 0.05) is 16.9 Å². The summed E-state index contributed by atoms with van der Waals surface area (Å²) in [6.45, 7) is 5.83. The molecular formula is C20H21N5O. The van der Waals surface area contributed by atoms with Gasteiger partial charge in [-0.05, 0) is 36.6 Å². The molecule has 2 aromatic carbocycles. The topological polar surface area (TPSA) is 79.8 Å². The molecule has 6 heteroatoms. The van der Waals surface area contributed by atoms with Crippen molar-refractivity contribution >= 4 is 28.9 Å². The van der Waals surface area contributed by atoms with Crippen LogP contribution in [0.15, 0.2) is 54.7 Å². The summed E-state index contributed by atoms with van der Waals surface area (Å²) in [7, 11) is 0. The Kier molecular flexibility index (Phi) is 5.22. The lowest BCUT2D eigenvalue weighted by atomic mass is 10.0. The van der Waals surface area contributed by atoms with Gasteiger partial charge in [0.15, 0.2) is 11.6 Å². The van der Waals surface area contributed by atoms with E-state index in [2.05, 4.69) is 45.7 Å². The summed E-state index contributed by atoms with van der Waals surface area (Å²) in [6, 6.07) is 15.3. The summed E-state index contributed by atoms with van der Waals surface area (Å²) in [5.41, 5.74) is 3.56. The highest BCUT2D eigenvalue weighted by Gasteiger charge is 2.08. The molecule has 0 spiro atoms. The number of rotatable bonds is 6. The first-order valence-electron chi connectivity index (χ1n) is 8.46. The van der Waals surface area contributed by atoms with Gasteiger partial charge in [-0.25, -0.2) is 0 Å². The molecule has 1 heterocycles. The van der Waals surface area contributed by atoms with E-state index in [1.54, 1.807) is 18.3 Å². The van der Waals surface area contributed by atoms with Gasteiger partial charge in [0.05, 0.1) is 6.20 Å². The van der Waals surface area contributed by atoms with E-state index in [1.165, 1.54) is 12.5 Å². The van der Waals surface area contributed by atoms with Gasteiger partial charge in [-0.1, -0.05) is 44.2 Å². The van der Waals surface area contributed by atoms with Crippen molar-refractivity contribution in [3.8, 4) is 0 Å². The minimum atomic E-state index is 0.00778. The van der Waals surface area contributed by atoms with Crippen molar-refractivity contribution in [3.63, 3.8) is 0 Å². The Morgan fingerprint density at radius 2 is 1.85 bits per heavy atom. The fourth-order valence-corrected chi connectivity index (χ4v) is 2.61. The first kappa shape index (κ1) is 17.5. The van der Waals surface area contributed by atoms with E-state index in [9.17, 15) is 4.79 Å². The Bertz CT molecular complexity index is 923. The first-order valence-corrected chi connectivity index (χ1v) is 8.46. The first-order chi connectivity index (χ1) is 12.5. The quantitative estimate of drug-likeness (QED) is 0.630. The zero-order valence-corrected chi connectivity index (χ0v) is 15.0. The van der Waals surface area contributed by atoms with E-state index in [0.717, 1.165) is 11.4 Å². The summed E-state index contributed by atoms with van der Waals surface area (Å²) in [4.78, 5) is 16.0. The number of Topliss-reactive ketones (excluding diaryl/α,β-unsaturated/α-hetero) is 1. The van der Waals surface area contributed by atoms with Crippen LogP contribution in [0.3, 0.4) is 0 Å². The van der Waals surface area contributed by atoms with Crippen LogP contribution in [0.2, 0.25) is 0 Å². The molecule has 0 unspecified atom stereocenters. The van der Waals surface area contributed by atoms with Crippen molar-refractivity contribution in [1.82, 2.24) is 15.2 Å². The smallest absolute Gasteiger partial charge is 0.249 e. The third-order valence-corrected chi connectivity index (χ3v) is 3.93. The molecular weight excluding hydrogens is 326 g/mol. The standard InChI is InChI=1S/C20H21N5O/c1-13(2)17-9-4-5-10-18(17)23-19-12-21-25-20(24-19)22-16-8-6-7-15(11-16)14(3)26/h4-13H,1-3H3,(H2,22,23,24,25). The molecule has 3 rings (SSSR count). The number of carbonyl (C=O) groups is 1. The van der Waals surface area contributed by atoms with Crippen LogP contribution in [-0.2, 0) is 0 Å². The number of hydrogen-bond acceptors (Lipinski definition) is 6. The second-order valence-electron chi connectivity index (χ2n) is 6.29. The van der Waals surface area contributed by atoms with Crippen molar-refractivity contribution in [2.24, 2.45) is 0 Å². The number of hydrogen-bond donors (Lipinski definition) is 2. The molecule has 1 aromatic heterocycles. The molecule has 0 aliphatic rings. The van der Waals surface area contributed by atoms with Crippen molar-refractivity contribution < 1.29 is 4.79 Å². The number of benzene rings is 2. The Hall–Kier alpha value is -3.28. The maximum atomic E-state index is 11.5. The van der Waals surface area contributed by atoms with E-state index in [-0.39, 0.29) is 5.78 Å². The second-order valence-corrected chi connectivity index (χ2v) is 6.29. The molecule has 0 radical (unpaired) electrons. The number of para-hydroxylation sites is 1. The van der Waals surface area contributed by atoms with Crippen molar-refractivity contribution in [2.75, 3.05) is 10.6 Å². The van der Waals surface area contributed by atoms with Crippen LogP contribution in [0.1, 0.15) is 42.6 Å². The molecule has 0 bridgehead atoms. The van der Waals surface area contributed by atoms with Gasteiger partial charge in [-0.15, -0.1) is 5.10 Å². The highest BCUT2D eigenvalue weighted by Crippen LogP contribution is 2.26. The molecule has 0 aliphatic heterocycles. The number of carbonyl (C=O) groups excluding carboxylic acids is 1. The van der Waals surface area contributed by atoms with Gasteiger partial charge in [-0.2, -0.15) is 10.1 Å². The van der Waals surface area contributed by atoms with Gasteiger partial charge in [0.1, 0.15) is 0 Å². The highest BCUT2D eigenvalue weighted by atomic mass is 16.1. The van der Waals surface area contributed by atoms with Crippen LogP contribution in [0.4, 0.5) is 23.1 Å². The van der Waals surface area contributed by atoms with Gasteiger partial charge in [-0.3, -0.25) is 4.79 Å². The average Bonchev–Trinajstić information content (AvgIpc) is 2.62. The normalized spacial score (nSPS) is 10.6. The van der Waals surface area contributed by atoms with E-state index in [0.29, 0.717) is 23.2 Å². The van der Waals surface area contributed by atoms with E-state index in [1.807, 2.05) is 30.3 Å². The number of anilines is 4. The predicted molar refractivity (Wildman–Crippen MR) is 103 cm³/mol. The molecule has 0 aliphatic carbocycles. The molecule has 3 aromatic rings. The molecule has 26 heavy (non-hydrogen) atoms. The van der Waals surface area contributed by atoms with Crippen molar-refractivity contribution in [1.29, 1.82) is 0 Å². The summed E-state index contributed by atoms with van der Waals surface area (Å²) >= 11 is 0. The number of nitrogens with zero attached hydrogens (tertiary/aromatic N) is 3. The molecule has 2 N–H and O–H groups in total. The minimum absolute atomic E-state index is 0.00778. The predicted octanol–water partition coefficient (Wildman–Crippen LogP) is 4.68. The lowest BCUT2D eigenvalue weighted by molar-refractivity contribution is 0.101. The summed E-state index contributed by atoms with van der Waals surface area (Å²) in [6.07, 6.45) is 1.58. The van der Waals surface area contributed by atoms with E-state index < -0.39 is 0 Å². The monoisotopic (exact) mass is 347 g/mol. The average molecular weight is 347 g/mol. The molecule has 0 amide bonds. The summed E-state index contributed by atoms with van der Waals surface area (Å²) in [5.74, 6) is 1.35. The van der Waals surface area contributed by atoms with Crippen molar-refractivity contribution in [2.45, 2.75) is 26.7 Å². The van der Waals surface area contributed by atoms with Crippen LogP contribution in [-0.4, -0.2) is 21.0 Å². The number of nitrogens with one attached hydrogen (secondary N) is 2. The van der Waals surface area contributed by atoms with Crippen LogP contribution in [0.5, 0.6) is 0 Å². The third kappa shape index (κ3) is 4.22. The largest absolute Gasteiger partial charge is 0.339 e. The second kappa shape index (κ2) is 7.74. The lowest BCUT2D eigenvalue weighted by Crippen LogP contribution is -2.04. The Morgan fingerprint density at radius 1 is 1.04 bits per heavy atom. The molecule has 0 fully saturated rings. The molecule has 0 saturated heterocycles. The number of aromatic nitrogens is 3. The van der Waals surface area contributed by atoms with Crippen LogP contribution < -0.4 is 10.6 Å². The van der Waals surface area contributed by atoms with Crippen LogP contribution in [0, 0.1) is 0 Å². The Labute approximate surface area is 152 Å². The third-order valence-electron chi connectivity index (χ3n) is 3.93. The molecule has 132 valence electrons. The fourth-order valence-electron chi connectivity index (χ4n) is 2.61. The number of ketones is 1. The van der Waals surface area contributed by atoms with Gasteiger partial charge >= 0.3 is 0 Å². The Morgan fingerprint density at radius 3 is 2.62 bits per heavy atom. The molecule has 6 nitrogen and oxygen atoms in total. The van der Waals surface area contributed by atoms with E-state index in [4.69, 9.17) is 0 Å². The summed E-state index contributed by atoms with van der Waals surface area (Å²) < 4.78 is 0. The lowest BCUT2D eigenvalue weighted by Gasteiger charge is -2.14. The highest BCUT2D eigenvalue weighted by molar-refractivity contribution is 5.95. The zero-order chi connectivity index (χ0) is 18.5. The molecule has 0 saturated carbocycles. The van der Waals surface area contributed by atoms with Gasteiger partial charge < -0.3 is 10.6 Å². The van der Waals surface area contributed by atoms with Crippen LogP contribution >= 0.6 is 0 Å². The fraction of sp³-hybridized carbons (Fsp3) is 0.200. The minimum Gasteiger partial charge on any atom is -0.339 e. The van der Waals surface area contributed by atoms with Gasteiger partial charge in [0.25, 0.3) is 0 Å². The SMILES string of the molecule is CC(=O)c1cccc(Nc2nncc(Nc3ccccc3C(C)C)n2)c1.